The molecule has 0 bridgehead atoms. The van der Waals surface area contributed by atoms with Gasteiger partial charge in [0.25, 0.3) is 0 Å². The number of nitrogens with one attached hydrogen (secondary N) is 3. The fourth-order valence-corrected chi connectivity index (χ4v) is 2.14. The Kier molecular flexibility index (Phi) is 6.38. The maximum Gasteiger partial charge on any atom is 0.313 e. The topological polar surface area (TPSA) is 87.3 Å². The molecule has 0 aromatic heterocycles. The van der Waals surface area contributed by atoms with Gasteiger partial charge in [0.2, 0.25) is 5.91 Å². The molecule has 2 rings (SSSR count). The van der Waals surface area contributed by atoms with E-state index in [4.69, 9.17) is 23.2 Å². The van der Waals surface area contributed by atoms with Crippen LogP contribution in [-0.2, 0) is 14.4 Å². The standard InChI is InChI=1S/C17H15Cl2N3O3/c1-10-2-5-13(8-14(10)19)21-15(23)9-20-16(24)17(25)22-12-6-3-11(18)4-7-12/h2-8H,9H2,1H3,(H,20,24)(H,21,23)(H,22,25). The van der Waals surface area contributed by atoms with Crippen molar-refractivity contribution < 1.29 is 14.4 Å². The molecule has 0 heterocycles. The van der Waals surface area contributed by atoms with E-state index in [2.05, 4.69) is 16.0 Å². The maximum absolute atomic E-state index is 11.8. The lowest BCUT2D eigenvalue weighted by Gasteiger charge is -2.08. The molecule has 0 spiro atoms. The highest BCUT2D eigenvalue weighted by Crippen LogP contribution is 2.19. The maximum atomic E-state index is 11.8. The normalized spacial score (nSPS) is 10.0. The van der Waals surface area contributed by atoms with Gasteiger partial charge in [0.05, 0.1) is 6.54 Å². The van der Waals surface area contributed by atoms with E-state index < -0.39 is 17.7 Å². The second-order valence-electron chi connectivity index (χ2n) is 5.16. The summed E-state index contributed by atoms with van der Waals surface area (Å²) in [5, 5.41) is 8.24. The smallest absolute Gasteiger partial charge is 0.313 e. The van der Waals surface area contributed by atoms with Crippen molar-refractivity contribution in [1.29, 1.82) is 0 Å². The van der Waals surface area contributed by atoms with Crippen LogP contribution in [0, 0.1) is 6.92 Å². The van der Waals surface area contributed by atoms with Crippen molar-refractivity contribution in [3.63, 3.8) is 0 Å². The molecule has 0 saturated heterocycles. The SMILES string of the molecule is Cc1ccc(NC(=O)CNC(=O)C(=O)Nc2ccc(Cl)cc2)cc1Cl. The molecule has 25 heavy (non-hydrogen) atoms. The largest absolute Gasteiger partial charge is 0.339 e. The van der Waals surface area contributed by atoms with Crippen molar-refractivity contribution in [1.82, 2.24) is 5.32 Å². The minimum absolute atomic E-state index is 0.349. The van der Waals surface area contributed by atoms with Gasteiger partial charge >= 0.3 is 11.8 Å². The van der Waals surface area contributed by atoms with Crippen LogP contribution in [-0.4, -0.2) is 24.3 Å². The van der Waals surface area contributed by atoms with E-state index in [0.717, 1.165) is 5.56 Å². The number of hydrogen-bond acceptors (Lipinski definition) is 3. The Morgan fingerprint density at radius 1 is 0.880 bits per heavy atom. The zero-order chi connectivity index (χ0) is 18.4. The summed E-state index contributed by atoms with van der Waals surface area (Å²) in [6.45, 7) is 1.49. The average Bonchev–Trinajstić information content (AvgIpc) is 2.58. The van der Waals surface area contributed by atoms with Crippen molar-refractivity contribution in [2.24, 2.45) is 0 Å². The van der Waals surface area contributed by atoms with Crippen LogP contribution in [0.5, 0.6) is 0 Å². The molecule has 0 radical (unpaired) electrons. The first-order valence-corrected chi connectivity index (χ1v) is 8.01. The first-order chi connectivity index (χ1) is 11.8. The van der Waals surface area contributed by atoms with Gasteiger partial charge in [-0.2, -0.15) is 0 Å². The van der Waals surface area contributed by atoms with E-state index in [1.54, 1.807) is 42.5 Å². The summed E-state index contributed by atoms with van der Waals surface area (Å²) >= 11 is 11.7. The molecule has 0 aliphatic rings. The summed E-state index contributed by atoms with van der Waals surface area (Å²) in [6.07, 6.45) is 0. The number of hydrogen-bond donors (Lipinski definition) is 3. The quantitative estimate of drug-likeness (QED) is 0.713. The second kappa shape index (κ2) is 8.50. The Hall–Kier alpha value is -2.57. The van der Waals surface area contributed by atoms with Gasteiger partial charge in [-0.05, 0) is 48.9 Å². The van der Waals surface area contributed by atoms with Crippen molar-refractivity contribution in [2.75, 3.05) is 17.2 Å². The summed E-state index contributed by atoms with van der Waals surface area (Å²) in [7, 11) is 0. The number of halogens is 2. The predicted octanol–water partition coefficient (Wildman–Crippen LogP) is 3.00. The lowest BCUT2D eigenvalue weighted by atomic mass is 10.2. The van der Waals surface area contributed by atoms with E-state index in [9.17, 15) is 14.4 Å². The van der Waals surface area contributed by atoms with Gasteiger partial charge in [0.15, 0.2) is 0 Å². The molecule has 130 valence electrons. The van der Waals surface area contributed by atoms with Gasteiger partial charge in [-0.25, -0.2) is 0 Å². The fraction of sp³-hybridized carbons (Fsp3) is 0.118. The predicted molar refractivity (Wildman–Crippen MR) is 97.9 cm³/mol. The molecule has 0 aliphatic carbocycles. The summed E-state index contributed by atoms with van der Waals surface area (Å²) in [5.41, 5.74) is 1.80. The summed E-state index contributed by atoms with van der Waals surface area (Å²) in [5.74, 6) is -2.28. The third-order valence-corrected chi connectivity index (χ3v) is 3.83. The van der Waals surface area contributed by atoms with Crippen LogP contribution in [0.15, 0.2) is 42.5 Å². The minimum Gasteiger partial charge on any atom is -0.339 e. The fourth-order valence-electron chi connectivity index (χ4n) is 1.84. The molecular weight excluding hydrogens is 365 g/mol. The third kappa shape index (κ3) is 5.77. The van der Waals surface area contributed by atoms with Gasteiger partial charge < -0.3 is 16.0 Å². The number of carbonyl (C=O) groups excluding carboxylic acids is 3. The zero-order valence-corrected chi connectivity index (χ0v) is 14.7. The first-order valence-electron chi connectivity index (χ1n) is 7.26. The highest BCUT2D eigenvalue weighted by Gasteiger charge is 2.15. The molecule has 8 heteroatoms. The summed E-state index contributed by atoms with van der Waals surface area (Å²) < 4.78 is 0. The number of anilines is 2. The van der Waals surface area contributed by atoms with Crippen LogP contribution in [0.2, 0.25) is 10.0 Å². The molecule has 2 aromatic carbocycles. The molecule has 3 amide bonds. The van der Waals surface area contributed by atoms with E-state index in [0.29, 0.717) is 21.4 Å². The summed E-state index contributed by atoms with van der Waals surface area (Å²) in [6, 6.07) is 11.3. The minimum atomic E-state index is -0.924. The van der Waals surface area contributed by atoms with E-state index in [-0.39, 0.29) is 6.54 Å². The van der Waals surface area contributed by atoms with Crippen LogP contribution >= 0.6 is 23.2 Å². The average molecular weight is 380 g/mol. The lowest BCUT2D eigenvalue weighted by molar-refractivity contribution is -0.136. The van der Waals surface area contributed by atoms with Crippen LogP contribution in [0.1, 0.15) is 5.56 Å². The monoisotopic (exact) mass is 379 g/mol. The summed E-state index contributed by atoms with van der Waals surface area (Å²) in [4.78, 5) is 35.3. The van der Waals surface area contributed by atoms with Crippen LogP contribution in [0.25, 0.3) is 0 Å². The zero-order valence-electron chi connectivity index (χ0n) is 13.2. The third-order valence-electron chi connectivity index (χ3n) is 3.17. The van der Waals surface area contributed by atoms with Crippen LogP contribution < -0.4 is 16.0 Å². The van der Waals surface area contributed by atoms with Crippen molar-refractivity contribution in [3.05, 3.63) is 58.1 Å². The van der Waals surface area contributed by atoms with E-state index in [1.807, 2.05) is 6.92 Å². The van der Waals surface area contributed by atoms with Crippen LogP contribution in [0.4, 0.5) is 11.4 Å². The first kappa shape index (κ1) is 18.8. The molecule has 0 aliphatic heterocycles. The Labute approximate surface area is 154 Å². The van der Waals surface area contributed by atoms with Crippen molar-refractivity contribution >= 4 is 52.3 Å². The van der Waals surface area contributed by atoms with Gasteiger partial charge in [0, 0.05) is 21.4 Å². The van der Waals surface area contributed by atoms with Gasteiger partial charge in [-0.1, -0.05) is 29.3 Å². The number of benzene rings is 2. The van der Waals surface area contributed by atoms with Crippen molar-refractivity contribution in [2.45, 2.75) is 6.92 Å². The van der Waals surface area contributed by atoms with Gasteiger partial charge in [0.1, 0.15) is 0 Å². The molecule has 0 fully saturated rings. The molecule has 0 atom stereocenters. The molecule has 6 nitrogen and oxygen atoms in total. The number of aryl methyl sites for hydroxylation is 1. The van der Waals surface area contributed by atoms with Gasteiger partial charge in [-0.15, -0.1) is 0 Å². The number of rotatable bonds is 4. The Balaban J connectivity index is 1.81. The van der Waals surface area contributed by atoms with E-state index >= 15 is 0 Å². The molecule has 0 saturated carbocycles. The highest BCUT2D eigenvalue weighted by molar-refractivity contribution is 6.40. The van der Waals surface area contributed by atoms with Crippen LogP contribution in [0.3, 0.4) is 0 Å². The highest BCUT2D eigenvalue weighted by atomic mass is 35.5. The lowest BCUT2D eigenvalue weighted by Crippen LogP contribution is -2.39. The van der Waals surface area contributed by atoms with Crippen molar-refractivity contribution in [3.8, 4) is 0 Å². The number of amides is 3. The number of carbonyl (C=O) groups is 3. The second-order valence-corrected chi connectivity index (χ2v) is 6.00. The van der Waals surface area contributed by atoms with E-state index in [1.165, 1.54) is 0 Å². The Morgan fingerprint density at radius 3 is 2.16 bits per heavy atom. The molecule has 0 unspecified atom stereocenters. The Morgan fingerprint density at radius 2 is 1.52 bits per heavy atom. The molecule has 2 aromatic rings. The molecule has 3 N–H and O–H groups in total. The Bertz CT molecular complexity index is 807. The molecular formula is C17H15Cl2N3O3. The van der Waals surface area contributed by atoms with Gasteiger partial charge in [-0.3, -0.25) is 14.4 Å².